The van der Waals surface area contributed by atoms with Crippen LogP contribution in [0.2, 0.25) is 0 Å². The first kappa shape index (κ1) is 17.8. The second-order valence-electron chi connectivity index (χ2n) is 9.93. The second kappa shape index (κ2) is 5.95. The lowest BCUT2D eigenvalue weighted by Gasteiger charge is -2.62. The van der Waals surface area contributed by atoms with E-state index < -0.39 is 0 Å². The Morgan fingerprint density at radius 1 is 1.04 bits per heavy atom. The molecule has 2 N–H and O–H groups in total. The average molecular weight is 350 g/mol. The van der Waals surface area contributed by atoms with Gasteiger partial charge in [0.2, 0.25) is 0 Å². The van der Waals surface area contributed by atoms with E-state index >= 15 is 0 Å². The summed E-state index contributed by atoms with van der Waals surface area (Å²) in [6.45, 7) is 4.60. The number of esters is 1. The lowest BCUT2D eigenvalue weighted by atomic mass is 9.44. The molecule has 0 spiro atoms. The Morgan fingerprint density at radius 3 is 2.52 bits per heavy atom. The fraction of sp³-hybridized carbons (Fsp3) is 0.952. The van der Waals surface area contributed by atoms with E-state index in [0.29, 0.717) is 23.7 Å². The SMILES string of the molecule is COC(=O)C1CCC2C3CCC4CC(O)CCC4(C)C3C(O)CC12C. The molecule has 142 valence electrons. The number of rotatable bonds is 1. The monoisotopic (exact) mass is 350 g/mol. The van der Waals surface area contributed by atoms with E-state index in [4.69, 9.17) is 4.74 Å². The van der Waals surface area contributed by atoms with Crippen LogP contribution in [-0.2, 0) is 9.53 Å². The van der Waals surface area contributed by atoms with E-state index in [2.05, 4.69) is 13.8 Å². The van der Waals surface area contributed by atoms with Gasteiger partial charge in [-0.3, -0.25) is 4.79 Å². The van der Waals surface area contributed by atoms with E-state index in [-0.39, 0.29) is 34.9 Å². The molecule has 0 saturated heterocycles. The predicted molar refractivity (Wildman–Crippen MR) is 94.6 cm³/mol. The van der Waals surface area contributed by atoms with Crippen LogP contribution in [0.15, 0.2) is 0 Å². The first-order valence-corrected chi connectivity index (χ1v) is 10.2. The molecular formula is C21H34O4. The van der Waals surface area contributed by atoms with Crippen molar-refractivity contribution in [2.45, 2.75) is 77.4 Å². The van der Waals surface area contributed by atoms with Crippen LogP contribution in [0.3, 0.4) is 0 Å². The van der Waals surface area contributed by atoms with Crippen LogP contribution in [0.1, 0.15) is 65.2 Å². The van der Waals surface area contributed by atoms with Gasteiger partial charge in [0.15, 0.2) is 0 Å². The zero-order valence-corrected chi connectivity index (χ0v) is 15.9. The molecule has 0 radical (unpaired) electrons. The third-order valence-electron chi connectivity index (χ3n) is 9.05. The first-order chi connectivity index (χ1) is 11.8. The maximum atomic E-state index is 12.3. The average Bonchev–Trinajstić information content (AvgIpc) is 2.91. The number of aliphatic hydroxyl groups excluding tert-OH is 2. The molecule has 4 heteroatoms. The second-order valence-corrected chi connectivity index (χ2v) is 9.93. The zero-order chi connectivity index (χ0) is 18.0. The van der Waals surface area contributed by atoms with Crippen molar-refractivity contribution in [2.75, 3.05) is 7.11 Å². The Hall–Kier alpha value is -0.610. The summed E-state index contributed by atoms with van der Waals surface area (Å²) in [5, 5.41) is 21.4. The van der Waals surface area contributed by atoms with Crippen LogP contribution in [0.5, 0.6) is 0 Å². The standard InChI is InChI=1S/C21H34O4/c1-20-9-8-13(22)10-12(20)4-5-14-15-6-7-16(19(24)25-3)21(15,2)11-17(23)18(14)20/h12-18,22-23H,4-11H2,1-3H3. The number of methoxy groups -OCH3 is 1. The molecule has 4 nitrogen and oxygen atoms in total. The number of hydrogen-bond donors (Lipinski definition) is 2. The number of hydrogen-bond acceptors (Lipinski definition) is 4. The molecule has 0 aromatic rings. The summed E-state index contributed by atoms with van der Waals surface area (Å²) in [6, 6.07) is 0. The Morgan fingerprint density at radius 2 is 1.80 bits per heavy atom. The van der Waals surface area contributed by atoms with Gasteiger partial charge in [-0.1, -0.05) is 13.8 Å². The van der Waals surface area contributed by atoms with Crippen molar-refractivity contribution in [3.63, 3.8) is 0 Å². The third-order valence-corrected chi connectivity index (χ3v) is 9.05. The van der Waals surface area contributed by atoms with Gasteiger partial charge >= 0.3 is 5.97 Å². The smallest absolute Gasteiger partial charge is 0.309 e. The van der Waals surface area contributed by atoms with Gasteiger partial charge in [0.05, 0.1) is 25.2 Å². The Bertz CT molecular complexity index is 548. The molecule has 4 fully saturated rings. The third kappa shape index (κ3) is 2.43. The van der Waals surface area contributed by atoms with E-state index in [1.807, 2.05) is 0 Å². The van der Waals surface area contributed by atoms with Gasteiger partial charge in [-0.25, -0.2) is 0 Å². The maximum absolute atomic E-state index is 12.3. The van der Waals surface area contributed by atoms with Gasteiger partial charge in [0.1, 0.15) is 0 Å². The minimum atomic E-state index is -0.334. The van der Waals surface area contributed by atoms with E-state index in [1.54, 1.807) is 0 Å². The largest absolute Gasteiger partial charge is 0.469 e. The lowest BCUT2D eigenvalue weighted by molar-refractivity contribution is -0.183. The highest BCUT2D eigenvalue weighted by Gasteiger charge is 2.64. The molecule has 0 aromatic carbocycles. The van der Waals surface area contributed by atoms with Crippen molar-refractivity contribution in [1.82, 2.24) is 0 Å². The maximum Gasteiger partial charge on any atom is 0.309 e. The van der Waals surface area contributed by atoms with E-state index in [0.717, 1.165) is 51.4 Å². The van der Waals surface area contributed by atoms with Gasteiger partial charge in [-0.05, 0) is 85.9 Å². The van der Waals surface area contributed by atoms with Gasteiger partial charge in [-0.2, -0.15) is 0 Å². The van der Waals surface area contributed by atoms with E-state index in [9.17, 15) is 15.0 Å². The molecule has 4 aliphatic rings. The van der Waals surface area contributed by atoms with Gasteiger partial charge < -0.3 is 14.9 Å². The minimum Gasteiger partial charge on any atom is -0.469 e. The Labute approximate surface area is 151 Å². The van der Waals surface area contributed by atoms with Crippen LogP contribution >= 0.6 is 0 Å². The molecule has 0 heterocycles. The van der Waals surface area contributed by atoms with Crippen molar-refractivity contribution >= 4 is 5.97 Å². The van der Waals surface area contributed by atoms with Gasteiger partial charge in [-0.15, -0.1) is 0 Å². The summed E-state index contributed by atoms with van der Waals surface area (Å²) >= 11 is 0. The van der Waals surface area contributed by atoms with Crippen molar-refractivity contribution in [1.29, 1.82) is 0 Å². The zero-order valence-electron chi connectivity index (χ0n) is 15.9. The molecule has 0 aromatic heterocycles. The minimum absolute atomic E-state index is 0.0585. The summed E-state index contributed by atoms with van der Waals surface area (Å²) in [5.74, 6) is 1.75. The van der Waals surface area contributed by atoms with Gasteiger partial charge in [0.25, 0.3) is 0 Å². The molecule has 9 atom stereocenters. The highest BCUT2D eigenvalue weighted by atomic mass is 16.5. The van der Waals surface area contributed by atoms with Crippen molar-refractivity contribution in [2.24, 2.45) is 40.4 Å². The molecule has 25 heavy (non-hydrogen) atoms. The molecule has 9 unspecified atom stereocenters. The summed E-state index contributed by atoms with van der Waals surface area (Å²) in [4.78, 5) is 12.3. The fourth-order valence-corrected chi connectivity index (χ4v) is 7.89. The number of aliphatic hydroxyl groups is 2. The van der Waals surface area contributed by atoms with Crippen molar-refractivity contribution in [3.05, 3.63) is 0 Å². The highest BCUT2D eigenvalue weighted by molar-refractivity contribution is 5.73. The Kier molecular flexibility index (Phi) is 4.23. The molecule has 4 aliphatic carbocycles. The predicted octanol–water partition coefficient (Wildman–Crippen LogP) is 3.15. The molecular weight excluding hydrogens is 316 g/mol. The van der Waals surface area contributed by atoms with Crippen LogP contribution in [-0.4, -0.2) is 35.5 Å². The van der Waals surface area contributed by atoms with Crippen molar-refractivity contribution in [3.8, 4) is 0 Å². The first-order valence-electron chi connectivity index (χ1n) is 10.2. The normalized spacial score (nSPS) is 55.0. The van der Waals surface area contributed by atoms with Gasteiger partial charge in [0, 0.05) is 0 Å². The summed E-state index contributed by atoms with van der Waals surface area (Å²) in [7, 11) is 1.49. The van der Waals surface area contributed by atoms with Crippen LogP contribution in [0, 0.1) is 40.4 Å². The summed E-state index contributed by atoms with van der Waals surface area (Å²) < 4.78 is 5.09. The molecule has 0 bridgehead atoms. The quantitative estimate of drug-likeness (QED) is 0.713. The summed E-state index contributed by atoms with van der Waals surface area (Å²) in [5.41, 5.74) is 0.0251. The van der Waals surface area contributed by atoms with Crippen LogP contribution < -0.4 is 0 Å². The highest BCUT2D eigenvalue weighted by Crippen LogP contribution is 2.67. The number of fused-ring (bicyclic) bond motifs is 5. The molecule has 0 aliphatic heterocycles. The van der Waals surface area contributed by atoms with E-state index in [1.165, 1.54) is 7.11 Å². The summed E-state index contributed by atoms with van der Waals surface area (Å²) in [6.07, 6.45) is 7.34. The number of carbonyl (C=O) groups excluding carboxylic acids is 1. The molecule has 4 saturated carbocycles. The molecule has 4 rings (SSSR count). The topological polar surface area (TPSA) is 66.8 Å². The van der Waals surface area contributed by atoms with Crippen LogP contribution in [0.4, 0.5) is 0 Å². The fourth-order valence-electron chi connectivity index (χ4n) is 7.89. The Balaban J connectivity index is 1.65. The lowest BCUT2D eigenvalue weighted by Crippen LogP contribution is -2.59. The number of carbonyl (C=O) groups is 1. The molecule has 0 amide bonds. The number of ether oxygens (including phenoxy) is 1. The van der Waals surface area contributed by atoms with Crippen LogP contribution in [0.25, 0.3) is 0 Å². The van der Waals surface area contributed by atoms with Crippen molar-refractivity contribution < 1.29 is 19.7 Å².